The lowest BCUT2D eigenvalue weighted by molar-refractivity contribution is -0.138. The van der Waals surface area contributed by atoms with Gasteiger partial charge in [-0.1, -0.05) is 11.6 Å². The molecular formula is C13H14O6. The van der Waals surface area contributed by atoms with Crippen LogP contribution in [0.25, 0.3) is 0 Å². The number of carboxylic acids is 1. The Bertz CT molecular complexity index is 518. The largest absolute Gasteiger partial charge is 0.500 e. The molecule has 1 aromatic carbocycles. The van der Waals surface area contributed by atoms with E-state index in [1.807, 2.05) is 0 Å². The van der Waals surface area contributed by atoms with Crippen LogP contribution < -0.4 is 4.74 Å². The number of hydrogen-bond donors (Lipinski definition) is 1. The molecule has 0 spiro atoms. The fourth-order valence-corrected chi connectivity index (χ4v) is 1.34. The van der Waals surface area contributed by atoms with E-state index in [2.05, 4.69) is 9.47 Å². The fourth-order valence-electron chi connectivity index (χ4n) is 1.34. The number of ether oxygens (including phenoxy) is 3. The van der Waals surface area contributed by atoms with Crippen molar-refractivity contribution in [2.45, 2.75) is 6.92 Å². The number of methoxy groups -OCH3 is 2. The number of aryl methyl sites for hydroxylation is 1. The van der Waals surface area contributed by atoms with E-state index in [-0.39, 0.29) is 17.1 Å². The molecule has 102 valence electrons. The van der Waals surface area contributed by atoms with E-state index in [1.165, 1.54) is 26.4 Å². The van der Waals surface area contributed by atoms with Crippen molar-refractivity contribution < 1.29 is 28.9 Å². The first-order valence-electron chi connectivity index (χ1n) is 5.32. The maximum absolute atomic E-state index is 11.4. The van der Waals surface area contributed by atoms with E-state index in [0.717, 1.165) is 11.8 Å². The molecule has 0 aliphatic rings. The summed E-state index contributed by atoms with van der Waals surface area (Å²) >= 11 is 0. The van der Waals surface area contributed by atoms with Gasteiger partial charge in [0, 0.05) is 0 Å². The number of benzene rings is 1. The van der Waals surface area contributed by atoms with Gasteiger partial charge in [0.15, 0.2) is 0 Å². The minimum Gasteiger partial charge on any atom is -0.500 e. The van der Waals surface area contributed by atoms with Crippen LogP contribution in [0.1, 0.15) is 15.9 Å². The molecule has 0 atom stereocenters. The van der Waals surface area contributed by atoms with Gasteiger partial charge in [-0.3, -0.25) is 0 Å². The molecule has 0 bridgehead atoms. The van der Waals surface area contributed by atoms with Gasteiger partial charge in [0.05, 0.1) is 14.2 Å². The highest BCUT2D eigenvalue weighted by Crippen LogP contribution is 2.22. The molecule has 0 saturated heterocycles. The molecular weight excluding hydrogens is 252 g/mol. The number of rotatable bonds is 5. The number of esters is 1. The third-order valence-electron chi connectivity index (χ3n) is 2.20. The van der Waals surface area contributed by atoms with E-state index in [4.69, 9.17) is 9.84 Å². The molecule has 0 saturated carbocycles. The monoisotopic (exact) mass is 266 g/mol. The topological polar surface area (TPSA) is 82.1 Å². The molecule has 1 N–H and O–H groups in total. The molecule has 0 amide bonds. The van der Waals surface area contributed by atoms with Gasteiger partial charge in [-0.2, -0.15) is 0 Å². The van der Waals surface area contributed by atoms with Gasteiger partial charge < -0.3 is 19.3 Å². The van der Waals surface area contributed by atoms with Gasteiger partial charge >= 0.3 is 11.9 Å². The van der Waals surface area contributed by atoms with Gasteiger partial charge in [-0.25, -0.2) is 9.59 Å². The summed E-state index contributed by atoms with van der Waals surface area (Å²) in [5, 5.41) is 9.08. The molecule has 0 aliphatic heterocycles. The molecule has 19 heavy (non-hydrogen) atoms. The summed E-state index contributed by atoms with van der Waals surface area (Å²) in [7, 11) is 2.52. The van der Waals surface area contributed by atoms with Crippen LogP contribution in [0, 0.1) is 6.92 Å². The summed E-state index contributed by atoms with van der Waals surface area (Å²) in [5.41, 5.74) is 0.714. The molecule has 0 heterocycles. The molecule has 0 aromatic heterocycles. The lowest BCUT2D eigenvalue weighted by atomic mass is 10.1. The second-order valence-corrected chi connectivity index (χ2v) is 3.62. The second-order valence-electron chi connectivity index (χ2n) is 3.62. The zero-order valence-corrected chi connectivity index (χ0v) is 10.8. The first-order valence-corrected chi connectivity index (χ1v) is 5.32. The van der Waals surface area contributed by atoms with Gasteiger partial charge in [0.1, 0.15) is 17.6 Å². The van der Waals surface area contributed by atoms with E-state index < -0.39 is 11.9 Å². The molecule has 1 aromatic rings. The van der Waals surface area contributed by atoms with Crippen molar-refractivity contribution in [1.82, 2.24) is 0 Å². The van der Waals surface area contributed by atoms with Crippen molar-refractivity contribution in [3.63, 3.8) is 0 Å². The Kier molecular flexibility index (Phi) is 4.93. The average molecular weight is 266 g/mol. The van der Waals surface area contributed by atoms with Crippen molar-refractivity contribution in [2.75, 3.05) is 14.2 Å². The van der Waals surface area contributed by atoms with E-state index in [0.29, 0.717) is 0 Å². The van der Waals surface area contributed by atoms with Crippen LogP contribution in [-0.4, -0.2) is 31.3 Å². The third-order valence-corrected chi connectivity index (χ3v) is 2.20. The Balaban J connectivity index is 3.13. The van der Waals surface area contributed by atoms with Gasteiger partial charge in [-0.05, 0) is 19.1 Å². The summed E-state index contributed by atoms with van der Waals surface area (Å²) in [4.78, 5) is 22.5. The first kappa shape index (κ1) is 14.6. The quantitative estimate of drug-likeness (QED) is 0.496. The molecule has 0 fully saturated rings. The minimum absolute atomic E-state index is 0.0341. The Morgan fingerprint density at radius 1 is 1.26 bits per heavy atom. The van der Waals surface area contributed by atoms with Crippen LogP contribution in [0.5, 0.6) is 5.75 Å². The number of hydrogen-bond acceptors (Lipinski definition) is 5. The average Bonchev–Trinajstić information content (AvgIpc) is 2.38. The number of carboxylic acid groups (broad SMARTS) is 1. The molecule has 6 nitrogen and oxygen atoms in total. The normalized spacial score (nSPS) is 10.8. The Morgan fingerprint density at radius 2 is 1.95 bits per heavy atom. The predicted molar refractivity (Wildman–Crippen MR) is 65.9 cm³/mol. The molecule has 1 rings (SSSR count). The third kappa shape index (κ3) is 3.74. The molecule has 0 aliphatic carbocycles. The standard InChI is InChI=1S/C13H14O6/c1-8-4-5-10(9(6-8)12(14)15)19-11(7-17-2)13(16)18-3/h4-7H,1-3H3,(H,14,15)/b11-7+. The summed E-state index contributed by atoms with van der Waals surface area (Å²) in [5.74, 6) is -2.12. The molecule has 0 unspecified atom stereocenters. The van der Waals surface area contributed by atoms with Crippen LogP contribution in [-0.2, 0) is 14.3 Å². The first-order chi connectivity index (χ1) is 8.99. The van der Waals surface area contributed by atoms with Gasteiger partial charge in [-0.15, -0.1) is 0 Å². The van der Waals surface area contributed by atoms with Crippen molar-refractivity contribution in [2.24, 2.45) is 0 Å². The Morgan fingerprint density at radius 3 is 2.47 bits per heavy atom. The van der Waals surface area contributed by atoms with E-state index in [9.17, 15) is 9.59 Å². The van der Waals surface area contributed by atoms with Crippen LogP contribution in [0.3, 0.4) is 0 Å². The number of aromatic carboxylic acids is 1. The Hall–Kier alpha value is -2.50. The Labute approximate surface area is 110 Å². The maximum Gasteiger partial charge on any atom is 0.377 e. The smallest absolute Gasteiger partial charge is 0.377 e. The fraction of sp³-hybridized carbons (Fsp3) is 0.231. The van der Waals surface area contributed by atoms with Crippen molar-refractivity contribution in [1.29, 1.82) is 0 Å². The van der Waals surface area contributed by atoms with Crippen molar-refractivity contribution in [3.05, 3.63) is 41.3 Å². The van der Waals surface area contributed by atoms with Crippen molar-refractivity contribution in [3.8, 4) is 5.75 Å². The number of carbonyl (C=O) groups excluding carboxylic acids is 1. The van der Waals surface area contributed by atoms with Gasteiger partial charge in [0.25, 0.3) is 0 Å². The zero-order chi connectivity index (χ0) is 14.4. The summed E-state index contributed by atoms with van der Waals surface area (Å²) in [6, 6.07) is 4.58. The molecule has 0 radical (unpaired) electrons. The van der Waals surface area contributed by atoms with Crippen LogP contribution in [0.15, 0.2) is 30.2 Å². The van der Waals surface area contributed by atoms with E-state index >= 15 is 0 Å². The zero-order valence-electron chi connectivity index (χ0n) is 10.8. The summed E-state index contributed by atoms with van der Waals surface area (Å²) < 4.78 is 14.4. The van der Waals surface area contributed by atoms with E-state index in [1.54, 1.807) is 13.0 Å². The highest BCUT2D eigenvalue weighted by molar-refractivity contribution is 5.92. The van der Waals surface area contributed by atoms with Crippen LogP contribution in [0.4, 0.5) is 0 Å². The second kappa shape index (κ2) is 6.44. The lowest BCUT2D eigenvalue weighted by Crippen LogP contribution is -2.13. The minimum atomic E-state index is -1.15. The molecule has 6 heteroatoms. The number of carbonyl (C=O) groups is 2. The highest BCUT2D eigenvalue weighted by atomic mass is 16.6. The van der Waals surface area contributed by atoms with Crippen LogP contribution in [0.2, 0.25) is 0 Å². The lowest BCUT2D eigenvalue weighted by Gasteiger charge is -2.10. The predicted octanol–water partition coefficient (Wildman–Crippen LogP) is 1.73. The highest BCUT2D eigenvalue weighted by Gasteiger charge is 2.18. The summed E-state index contributed by atoms with van der Waals surface area (Å²) in [6.07, 6.45) is 1.04. The SMILES string of the molecule is CO/C=C(/Oc1ccc(C)cc1C(=O)O)C(=O)OC. The van der Waals surface area contributed by atoms with Crippen molar-refractivity contribution >= 4 is 11.9 Å². The summed E-state index contributed by atoms with van der Waals surface area (Å²) in [6.45, 7) is 1.75. The van der Waals surface area contributed by atoms with Crippen LogP contribution >= 0.6 is 0 Å². The van der Waals surface area contributed by atoms with Gasteiger partial charge in [0.2, 0.25) is 5.76 Å². The maximum atomic E-state index is 11.4.